The van der Waals surface area contributed by atoms with Crippen LogP contribution in [0, 0.1) is 11.3 Å². The lowest BCUT2D eigenvalue weighted by molar-refractivity contribution is -0.140. The number of ether oxygens (including phenoxy) is 1. The normalized spacial score (nSPS) is 13.6. The van der Waals surface area contributed by atoms with Gasteiger partial charge in [-0.3, -0.25) is 4.79 Å². The van der Waals surface area contributed by atoms with E-state index in [1.807, 2.05) is 6.07 Å². The number of esters is 1. The van der Waals surface area contributed by atoms with Crippen LogP contribution >= 0.6 is 0 Å². The van der Waals surface area contributed by atoms with E-state index < -0.39 is 0 Å². The first kappa shape index (κ1) is 13.4. The van der Waals surface area contributed by atoms with E-state index in [0.29, 0.717) is 19.6 Å². The molecule has 0 aliphatic carbocycles. The molecule has 1 aromatic carbocycles. The summed E-state index contributed by atoms with van der Waals surface area (Å²) in [6.45, 7) is 3.15. The Morgan fingerprint density at radius 3 is 3.11 bits per heavy atom. The van der Waals surface area contributed by atoms with E-state index in [0.717, 1.165) is 24.9 Å². The van der Waals surface area contributed by atoms with Crippen molar-refractivity contribution in [1.29, 1.82) is 5.26 Å². The summed E-state index contributed by atoms with van der Waals surface area (Å²) in [6, 6.07) is 8.43. The summed E-state index contributed by atoms with van der Waals surface area (Å²) in [5.41, 5.74) is 3.62. The van der Waals surface area contributed by atoms with Crippen molar-refractivity contribution in [2.45, 2.75) is 26.2 Å². The molecule has 0 amide bonds. The Balaban J connectivity index is 2.19. The van der Waals surface area contributed by atoms with E-state index in [9.17, 15) is 4.79 Å². The number of carbonyl (C=O) groups excluding carboxylic acids is 1. The van der Waals surface area contributed by atoms with Crippen molar-refractivity contribution in [3.8, 4) is 6.07 Å². The molecule has 0 N–H and O–H groups in total. The van der Waals surface area contributed by atoms with Gasteiger partial charge in [-0.15, -0.1) is 0 Å². The molecule has 0 aromatic heterocycles. The van der Waals surface area contributed by atoms with Crippen LogP contribution in [-0.2, 0) is 22.4 Å². The molecular formula is C15H18N2O2. The SMILES string of the molecule is CC(=O)OCCc1cccc2c1N(CC#N)CCC2. The molecule has 0 radical (unpaired) electrons. The first-order valence-electron chi connectivity index (χ1n) is 6.58. The van der Waals surface area contributed by atoms with Crippen LogP contribution in [0.3, 0.4) is 0 Å². The van der Waals surface area contributed by atoms with E-state index >= 15 is 0 Å². The van der Waals surface area contributed by atoms with Crippen LogP contribution in [0.5, 0.6) is 0 Å². The molecule has 0 atom stereocenters. The van der Waals surface area contributed by atoms with E-state index in [2.05, 4.69) is 23.1 Å². The van der Waals surface area contributed by atoms with Crippen LogP contribution in [0.2, 0.25) is 0 Å². The van der Waals surface area contributed by atoms with Gasteiger partial charge in [-0.25, -0.2) is 0 Å². The average Bonchev–Trinajstić information content (AvgIpc) is 2.39. The third-order valence-electron chi connectivity index (χ3n) is 3.33. The lowest BCUT2D eigenvalue weighted by Crippen LogP contribution is -2.31. The molecule has 1 aliphatic heterocycles. The summed E-state index contributed by atoms with van der Waals surface area (Å²) in [4.78, 5) is 12.9. The summed E-state index contributed by atoms with van der Waals surface area (Å²) in [7, 11) is 0. The number of nitrogens with zero attached hydrogens (tertiary/aromatic N) is 2. The Bertz CT molecular complexity index is 505. The summed E-state index contributed by atoms with van der Waals surface area (Å²) in [6.07, 6.45) is 2.84. The van der Waals surface area contributed by atoms with Gasteiger partial charge >= 0.3 is 5.97 Å². The van der Waals surface area contributed by atoms with Crippen molar-refractivity contribution in [3.05, 3.63) is 29.3 Å². The van der Waals surface area contributed by atoms with Gasteiger partial charge in [-0.1, -0.05) is 18.2 Å². The van der Waals surface area contributed by atoms with Crippen LogP contribution in [0.1, 0.15) is 24.5 Å². The van der Waals surface area contributed by atoms with Crippen molar-refractivity contribution < 1.29 is 9.53 Å². The molecule has 0 fully saturated rings. The van der Waals surface area contributed by atoms with Gasteiger partial charge in [0.2, 0.25) is 0 Å². The second-order valence-electron chi connectivity index (χ2n) is 4.70. The van der Waals surface area contributed by atoms with Crippen molar-refractivity contribution >= 4 is 11.7 Å². The van der Waals surface area contributed by atoms with Gasteiger partial charge in [0.1, 0.15) is 6.54 Å². The third kappa shape index (κ3) is 3.25. The summed E-state index contributed by atoms with van der Waals surface area (Å²) < 4.78 is 5.01. The molecule has 2 rings (SSSR count). The van der Waals surface area contributed by atoms with Gasteiger partial charge in [0, 0.05) is 25.6 Å². The number of anilines is 1. The molecular weight excluding hydrogens is 240 g/mol. The highest BCUT2D eigenvalue weighted by Gasteiger charge is 2.19. The quantitative estimate of drug-likeness (QED) is 0.613. The predicted molar refractivity (Wildman–Crippen MR) is 72.9 cm³/mol. The number of fused-ring (bicyclic) bond motifs is 1. The Kier molecular flexibility index (Phi) is 4.40. The second-order valence-corrected chi connectivity index (χ2v) is 4.70. The molecule has 0 unspecified atom stereocenters. The number of aryl methyl sites for hydroxylation is 1. The molecule has 1 aromatic rings. The van der Waals surface area contributed by atoms with E-state index in [1.165, 1.54) is 18.2 Å². The molecule has 0 saturated carbocycles. The summed E-state index contributed by atoms with van der Waals surface area (Å²) >= 11 is 0. The number of carbonyl (C=O) groups is 1. The topological polar surface area (TPSA) is 53.3 Å². The standard InChI is InChI=1S/C15H18N2O2/c1-12(18)19-11-7-14-5-2-4-13-6-3-9-17(10-8-16)15(13)14/h2,4-5H,3,6-7,9-11H2,1H3. The molecule has 19 heavy (non-hydrogen) atoms. The lowest BCUT2D eigenvalue weighted by atomic mass is 9.96. The maximum Gasteiger partial charge on any atom is 0.302 e. The molecule has 0 bridgehead atoms. The van der Waals surface area contributed by atoms with Gasteiger partial charge in [0.25, 0.3) is 0 Å². The highest BCUT2D eigenvalue weighted by Crippen LogP contribution is 2.31. The Morgan fingerprint density at radius 1 is 1.53 bits per heavy atom. The van der Waals surface area contributed by atoms with Crippen LogP contribution in [0.25, 0.3) is 0 Å². The third-order valence-corrected chi connectivity index (χ3v) is 3.33. The maximum atomic E-state index is 10.8. The van der Waals surface area contributed by atoms with Crippen LogP contribution in [-0.4, -0.2) is 25.7 Å². The minimum atomic E-state index is -0.251. The average molecular weight is 258 g/mol. The maximum absolute atomic E-state index is 10.8. The number of rotatable bonds is 4. The molecule has 0 saturated heterocycles. The lowest BCUT2D eigenvalue weighted by Gasteiger charge is -2.31. The number of para-hydroxylation sites is 1. The molecule has 4 heteroatoms. The largest absolute Gasteiger partial charge is 0.466 e. The van der Waals surface area contributed by atoms with Crippen molar-refractivity contribution in [3.63, 3.8) is 0 Å². The van der Waals surface area contributed by atoms with Crippen LogP contribution < -0.4 is 4.90 Å². The van der Waals surface area contributed by atoms with Gasteiger partial charge < -0.3 is 9.64 Å². The predicted octanol–water partition coefficient (Wildman–Crippen LogP) is 2.07. The first-order chi connectivity index (χ1) is 9.22. The zero-order valence-corrected chi connectivity index (χ0v) is 11.2. The number of hydrogen-bond acceptors (Lipinski definition) is 4. The van der Waals surface area contributed by atoms with Gasteiger partial charge in [-0.2, -0.15) is 5.26 Å². The molecule has 1 aliphatic rings. The first-order valence-corrected chi connectivity index (χ1v) is 6.58. The number of benzene rings is 1. The van der Waals surface area contributed by atoms with Crippen molar-refractivity contribution in [1.82, 2.24) is 0 Å². The molecule has 0 spiro atoms. The zero-order chi connectivity index (χ0) is 13.7. The highest BCUT2D eigenvalue weighted by molar-refractivity contribution is 5.66. The van der Waals surface area contributed by atoms with Gasteiger partial charge in [0.05, 0.1) is 12.7 Å². The van der Waals surface area contributed by atoms with Crippen molar-refractivity contribution in [2.75, 3.05) is 24.6 Å². The van der Waals surface area contributed by atoms with E-state index in [1.54, 1.807) is 0 Å². The van der Waals surface area contributed by atoms with Gasteiger partial charge in [-0.05, 0) is 24.0 Å². The van der Waals surface area contributed by atoms with E-state index in [4.69, 9.17) is 10.00 Å². The monoisotopic (exact) mass is 258 g/mol. The minimum Gasteiger partial charge on any atom is -0.466 e. The highest BCUT2D eigenvalue weighted by atomic mass is 16.5. The second kappa shape index (κ2) is 6.24. The zero-order valence-electron chi connectivity index (χ0n) is 11.2. The molecule has 1 heterocycles. The Morgan fingerprint density at radius 2 is 2.37 bits per heavy atom. The van der Waals surface area contributed by atoms with Gasteiger partial charge in [0.15, 0.2) is 0 Å². The molecule has 100 valence electrons. The fourth-order valence-corrected chi connectivity index (χ4v) is 2.57. The van der Waals surface area contributed by atoms with Crippen LogP contribution in [0.15, 0.2) is 18.2 Å². The minimum absolute atomic E-state index is 0.251. The number of hydrogen-bond donors (Lipinski definition) is 0. The van der Waals surface area contributed by atoms with Crippen LogP contribution in [0.4, 0.5) is 5.69 Å². The summed E-state index contributed by atoms with van der Waals surface area (Å²) in [5.74, 6) is -0.251. The smallest absolute Gasteiger partial charge is 0.302 e. The van der Waals surface area contributed by atoms with Crippen molar-refractivity contribution in [2.24, 2.45) is 0 Å². The molecule has 4 nitrogen and oxygen atoms in total. The fourth-order valence-electron chi connectivity index (χ4n) is 2.57. The fraction of sp³-hybridized carbons (Fsp3) is 0.467. The summed E-state index contributed by atoms with van der Waals surface area (Å²) in [5, 5.41) is 8.92. The Hall–Kier alpha value is -2.02. The van der Waals surface area contributed by atoms with E-state index in [-0.39, 0.29) is 5.97 Å². The number of nitriles is 1. The Labute approximate surface area is 113 Å².